The van der Waals surface area contributed by atoms with Crippen molar-refractivity contribution >= 4 is 19.7 Å². The lowest BCUT2D eigenvalue weighted by Crippen LogP contribution is -2.27. The summed E-state index contributed by atoms with van der Waals surface area (Å²) in [7, 11) is -4.41. The van der Waals surface area contributed by atoms with Crippen LogP contribution < -0.4 is 5.32 Å². The van der Waals surface area contributed by atoms with Crippen LogP contribution in [0, 0.1) is 0 Å². The number of allylic oxidation sites excluding steroid dienone is 4. The average Bonchev–Trinajstić information content (AvgIpc) is 3.11. The van der Waals surface area contributed by atoms with Crippen molar-refractivity contribution in [1.82, 2.24) is 5.32 Å². The summed E-state index contributed by atoms with van der Waals surface area (Å²) < 4.78 is 26.8. The SMILES string of the molecule is CCCCCC/C=C\C/C=C\CCCCCCCC(=O)NCCOP(=O)(O)OCC(O)COC(=O)CCCCCCCCCCCCCCCC. The fraction of sp³-hybridized carbons (Fsp3) is 0.854. The van der Waals surface area contributed by atoms with Crippen LogP contribution in [0.25, 0.3) is 0 Å². The van der Waals surface area contributed by atoms with Gasteiger partial charge in [0, 0.05) is 19.4 Å². The maximum absolute atomic E-state index is 12.1. The second kappa shape index (κ2) is 38.2. The third kappa shape index (κ3) is 39.5. The predicted molar refractivity (Wildman–Crippen MR) is 211 cm³/mol. The van der Waals surface area contributed by atoms with E-state index in [9.17, 15) is 24.2 Å². The molecule has 0 heterocycles. The molecule has 10 heteroatoms. The minimum atomic E-state index is -4.41. The van der Waals surface area contributed by atoms with E-state index in [1.165, 1.54) is 103 Å². The van der Waals surface area contributed by atoms with Gasteiger partial charge in [0.15, 0.2) is 0 Å². The number of rotatable bonds is 39. The molecular weight excluding hydrogens is 665 g/mol. The Bertz CT molecular complexity index is 897. The lowest BCUT2D eigenvalue weighted by atomic mass is 10.0. The number of carbonyl (C=O) groups is 2. The highest BCUT2D eigenvalue weighted by Gasteiger charge is 2.23. The number of carbonyl (C=O) groups excluding carboxylic acids is 2. The Labute approximate surface area is 312 Å². The molecule has 2 unspecified atom stereocenters. The van der Waals surface area contributed by atoms with Crippen LogP contribution in [0.2, 0.25) is 0 Å². The summed E-state index contributed by atoms with van der Waals surface area (Å²) in [4.78, 5) is 33.8. The predicted octanol–water partition coefficient (Wildman–Crippen LogP) is 11.2. The Morgan fingerprint density at radius 3 is 1.59 bits per heavy atom. The molecule has 51 heavy (non-hydrogen) atoms. The first kappa shape index (κ1) is 49.5. The normalized spacial score (nSPS) is 13.6. The van der Waals surface area contributed by atoms with E-state index in [-0.39, 0.29) is 32.1 Å². The summed E-state index contributed by atoms with van der Waals surface area (Å²) in [6.07, 6.45) is 39.6. The number of hydrogen-bond acceptors (Lipinski definition) is 7. The van der Waals surface area contributed by atoms with E-state index in [1.54, 1.807) is 0 Å². The van der Waals surface area contributed by atoms with E-state index < -0.39 is 26.5 Å². The van der Waals surface area contributed by atoms with Crippen molar-refractivity contribution in [3.05, 3.63) is 24.3 Å². The number of hydrogen-bond donors (Lipinski definition) is 3. The Morgan fingerprint density at radius 2 is 1.06 bits per heavy atom. The molecule has 9 nitrogen and oxygen atoms in total. The van der Waals surface area contributed by atoms with Gasteiger partial charge in [-0.25, -0.2) is 4.57 Å². The molecule has 0 aromatic carbocycles. The van der Waals surface area contributed by atoms with Gasteiger partial charge >= 0.3 is 13.8 Å². The van der Waals surface area contributed by atoms with Crippen LogP contribution in [0.4, 0.5) is 0 Å². The summed E-state index contributed by atoms with van der Waals surface area (Å²) in [6.45, 7) is 3.53. The highest BCUT2D eigenvalue weighted by atomic mass is 31.2. The fourth-order valence-electron chi connectivity index (χ4n) is 5.70. The molecule has 3 N–H and O–H groups in total. The molecule has 0 rings (SSSR count). The van der Waals surface area contributed by atoms with Gasteiger partial charge in [-0.1, -0.05) is 160 Å². The number of amides is 1. The first-order valence-corrected chi connectivity index (χ1v) is 22.3. The number of aliphatic hydroxyl groups is 1. The minimum absolute atomic E-state index is 0.0759. The van der Waals surface area contributed by atoms with Crippen molar-refractivity contribution in [2.75, 3.05) is 26.4 Å². The van der Waals surface area contributed by atoms with Gasteiger partial charge in [-0.15, -0.1) is 0 Å². The van der Waals surface area contributed by atoms with Crippen molar-refractivity contribution in [3.8, 4) is 0 Å². The van der Waals surface area contributed by atoms with Crippen molar-refractivity contribution in [3.63, 3.8) is 0 Å². The van der Waals surface area contributed by atoms with E-state index >= 15 is 0 Å². The highest BCUT2D eigenvalue weighted by molar-refractivity contribution is 7.47. The average molecular weight is 744 g/mol. The maximum Gasteiger partial charge on any atom is 0.472 e. The van der Waals surface area contributed by atoms with E-state index in [2.05, 4.69) is 43.5 Å². The van der Waals surface area contributed by atoms with Crippen molar-refractivity contribution < 1.29 is 37.9 Å². The van der Waals surface area contributed by atoms with Crippen LogP contribution in [0.5, 0.6) is 0 Å². The van der Waals surface area contributed by atoms with Gasteiger partial charge in [0.25, 0.3) is 0 Å². The van der Waals surface area contributed by atoms with E-state index in [4.69, 9.17) is 13.8 Å². The second-order valence-corrected chi connectivity index (χ2v) is 15.4. The van der Waals surface area contributed by atoms with E-state index in [0.29, 0.717) is 6.42 Å². The lowest BCUT2D eigenvalue weighted by Gasteiger charge is -2.15. The topological polar surface area (TPSA) is 131 Å². The van der Waals surface area contributed by atoms with Gasteiger partial charge in [-0.2, -0.15) is 0 Å². The van der Waals surface area contributed by atoms with Gasteiger partial charge in [-0.3, -0.25) is 18.6 Å². The number of phosphoric acid groups is 1. The Hall–Kier alpha value is -1.51. The van der Waals surface area contributed by atoms with Crippen LogP contribution in [0.3, 0.4) is 0 Å². The zero-order valence-electron chi connectivity index (χ0n) is 32.8. The molecule has 0 saturated heterocycles. The summed E-state index contributed by atoms with van der Waals surface area (Å²) in [5.41, 5.74) is 0. The standard InChI is InChI=1S/C41H78NO8P/c1-3-5-7-9-11-13-15-17-19-20-21-23-25-27-29-31-33-40(44)42-35-36-49-51(46,47)50-38-39(43)37-48-41(45)34-32-30-28-26-24-22-18-16-14-12-10-8-6-4-2/h13,15,19-20,39,43H,3-12,14,16-18,21-38H2,1-2H3,(H,42,44)(H,46,47)/b15-13-,20-19-. The first-order chi connectivity index (χ1) is 24.8. The quantitative estimate of drug-likeness (QED) is 0.0245. The molecule has 0 aromatic rings. The number of unbranched alkanes of at least 4 members (excludes halogenated alkanes) is 22. The molecule has 2 atom stereocenters. The van der Waals surface area contributed by atoms with Gasteiger partial charge in [0.1, 0.15) is 12.7 Å². The summed E-state index contributed by atoms with van der Waals surface area (Å²) in [6, 6.07) is 0. The summed E-state index contributed by atoms with van der Waals surface area (Å²) >= 11 is 0. The largest absolute Gasteiger partial charge is 0.472 e. The number of nitrogens with one attached hydrogen (secondary N) is 1. The highest BCUT2D eigenvalue weighted by Crippen LogP contribution is 2.42. The molecule has 0 aromatic heterocycles. The number of phosphoric ester groups is 1. The molecular formula is C41H78NO8P. The zero-order valence-corrected chi connectivity index (χ0v) is 33.7. The molecule has 300 valence electrons. The zero-order chi connectivity index (χ0) is 37.5. The molecule has 0 bridgehead atoms. The van der Waals surface area contributed by atoms with Crippen molar-refractivity contribution in [1.29, 1.82) is 0 Å². The third-order valence-electron chi connectivity index (χ3n) is 8.88. The monoisotopic (exact) mass is 744 g/mol. The summed E-state index contributed by atoms with van der Waals surface area (Å²) in [5.74, 6) is -0.526. The molecule has 1 amide bonds. The van der Waals surface area contributed by atoms with Crippen LogP contribution in [-0.2, 0) is 27.9 Å². The van der Waals surface area contributed by atoms with Gasteiger partial charge in [-0.05, 0) is 44.9 Å². The molecule has 0 aliphatic rings. The second-order valence-electron chi connectivity index (χ2n) is 14.0. The fourth-order valence-corrected chi connectivity index (χ4v) is 6.46. The molecule has 0 aliphatic heterocycles. The number of aliphatic hydroxyl groups excluding tert-OH is 1. The smallest absolute Gasteiger partial charge is 0.463 e. The number of esters is 1. The molecule has 0 saturated carbocycles. The van der Waals surface area contributed by atoms with Crippen LogP contribution in [0.1, 0.15) is 194 Å². The van der Waals surface area contributed by atoms with Gasteiger partial charge < -0.3 is 20.1 Å². The summed E-state index contributed by atoms with van der Waals surface area (Å²) in [5, 5.41) is 12.7. The van der Waals surface area contributed by atoms with E-state index in [1.807, 2.05) is 0 Å². The van der Waals surface area contributed by atoms with Gasteiger partial charge in [0.05, 0.1) is 13.2 Å². The van der Waals surface area contributed by atoms with Crippen molar-refractivity contribution in [2.24, 2.45) is 0 Å². The van der Waals surface area contributed by atoms with E-state index in [0.717, 1.165) is 64.2 Å². The maximum atomic E-state index is 12.1. The Kier molecular flexibility index (Phi) is 37.1. The number of ether oxygens (including phenoxy) is 1. The van der Waals surface area contributed by atoms with Crippen LogP contribution in [-0.4, -0.2) is 54.3 Å². The Morgan fingerprint density at radius 1 is 0.608 bits per heavy atom. The molecule has 0 fully saturated rings. The van der Waals surface area contributed by atoms with Crippen LogP contribution >= 0.6 is 7.82 Å². The van der Waals surface area contributed by atoms with Crippen LogP contribution in [0.15, 0.2) is 24.3 Å². The molecule has 0 radical (unpaired) electrons. The third-order valence-corrected chi connectivity index (χ3v) is 9.87. The first-order valence-electron chi connectivity index (χ1n) is 20.8. The lowest BCUT2D eigenvalue weighted by molar-refractivity contribution is -0.147. The molecule has 0 spiro atoms. The van der Waals surface area contributed by atoms with Gasteiger partial charge in [0.2, 0.25) is 5.91 Å². The molecule has 0 aliphatic carbocycles. The minimum Gasteiger partial charge on any atom is -0.463 e. The van der Waals surface area contributed by atoms with Crippen molar-refractivity contribution in [2.45, 2.75) is 200 Å². The Balaban J connectivity index is 3.62.